The highest BCUT2D eigenvalue weighted by Gasteiger charge is 2.56. The molecule has 0 aromatic carbocycles. The third-order valence-corrected chi connectivity index (χ3v) is 13.1. The SMILES string of the molecule is CCCCN1/C(=C/C=C/C=C/C=C/C2=[N+](CCCCCC(=O)O)C3CCC(S(=O)(=O)[O-])CC3C2(C)C)C(C)(C)C2CC([N+](=O)[O-])CCC21. The molecule has 1 N–H and O–H groups in total. The molecule has 0 aromatic heterocycles. The van der Waals surface area contributed by atoms with Crippen molar-refractivity contribution in [1.29, 1.82) is 0 Å². The maximum absolute atomic E-state index is 11.9. The Morgan fingerprint density at radius 3 is 2.33 bits per heavy atom. The summed E-state index contributed by atoms with van der Waals surface area (Å²) in [6.45, 7) is 12.7. The van der Waals surface area contributed by atoms with E-state index in [0.717, 1.165) is 50.9 Å². The van der Waals surface area contributed by atoms with Crippen molar-refractivity contribution in [3.8, 4) is 0 Å². The predicted molar refractivity (Wildman–Crippen MR) is 187 cm³/mol. The number of carboxylic acids is 1. The van der Waals surface area contributed by atoms with E-state index in [-0.39, 0.29) is 40.1 Å². The first-order valence-corrected chi connectivity index (χ1v) is 19.5. The summed E-state index contributed by atoms with van der Waals surface area (Å²) in [6, 6.07) is 0.0479. The number of hydrogen-bond donors (Lipinski definition) is 1. The van der Waals surface area contributed by atoms with Crippen LogP contribution in [0.25, 0.3) is 0 Å². The molecule has 0 spiro atoms. The van der Waals surface area contributed by atoms with Gasteiger partial charge in [-0.15, -0.1) is 0 Å². The number of likely N-dealkylation sites (tertiary alicyclic amines) is 1. The quantitative estimate of drug-likeness (QED) is 0.0499. The van der Waals surface area contributed by atoms with Crippen LogP contribution < -0.4 is 0 Å². The van der Waals surface area contributed by atoms with Gasteiger partial charge >= 0.3 is 5.97 Å². The van der Waals surface area contributed by atoms with Crippen molar-refractivity contribution in [2.24, 2.45) is 22.7 Å². The lowest BCUT2D eigenvalue weighted by atomic mass is 9.69. The van der Waals surface area contributed by atoms with Crippen LogP contribution in [0.15, 0.2) is 48.2 Å². The standard InChI is InChI=1S/C37H57N3O7S/c1-6-7-23-38-31-21-19-27(40(43)44)25-29(31)36(2,3)33(38)16-12-9-8-10-13-17-34-37(4,5)30-26-28(48(45,46)47)20-22-32(30)39(34)24-15-11-14-18-35(41)42/h8-10,12-13,16-17,27-32H,6-7,11,14-15,18-26H2,1-5H3,(H-,41,42,45,46,47). The maximum atomic E-state index is 11.9. The van der Waals surface area contributed by atoms with Gasteiger partial charge in [-0.3, -0.25) is 14.9 Å². The van der Waals surface area contributed by atoms with E-state index in [1.165, 1.54) is 5.70 Å². The Morgan fingerprint density at radius 2 is 1.67 bits per heavy atom. The second-order valence-corrected chi connectivity index (χ2v) is 17.1. The Kier molecular flexibility index (Phi) is 12.5. The zero-order chi connectivity index (χ0) is 35.3. The summed E-state index contributed by atoms with van der Waals surface area (Å²) >= 11 is 0. The molecule has 4 aliphatic rings. The van der Waals surface area contributed by atoms with Crippen LogP contribution >= 0.6 is 0 Å². The molecule has 0 amide bonds. The number of fused-ring (bicyclic) bond motifs is 2. The monoisotopic (exact) mass is 687 g/mol. The van der Waals surface area contributed by atoms with Crippen molar-refractivity contribution in [2.45, 2.75) is 135 Å². The van der Waals surface area contributed by atoms with E-state index in [2.05, 4.69) is 62.3 Å². The molecule has 2 heterocycles. The molecule has 0 radical (unpaired) electrons. The van der Waals surface area contributed by atoms with Crippen LogP contribution in [-0.4, -0.2) is 80.6 Å². The van der Waals surface area contributed by atoms with Gasteiger partial charge in [0, 0.05) is 72.7 Å². The number of aliphatic carboxylic acids is 1. The number of nitro groups is 1. The fourth-order valence-corrected chi connectivity index (χ4v) is 10.1. The van der Waals surface area contributed by atoms with Gasteiger partial charge in [0.15, 0.2) is 11.8 Å². The molecule has 11 heteroatoms. The number of nitrogens with zero attached hydrogens (tertiary/aromatic N) is 3. The van der Waals surface area contributed by atoms with E-state index >= 15 is 0 Å². The zero-order valence-corrected chi connectivity index (χ0v) is 30.4. The molecule has 3 fully saturated rings. The molecule has 2 aliphatic carbocycles. The van der Waals surface area contributed by atoms with E-state index in [4.69, 9.17) is 5.11 Å². The first-order chi connectivity index (χ1) is 22.6. The molecule has 10 nitrogen and oxygen atoms in total. The first kappa shape index (κ1) is 38.0. The van der Waals surface area contributed by atoms with E-state index < -0.39 is 27.4 Å². The van der Waals surface area contributed by atoms with Gasteiger partial charge in [0.2, 0.25) is 6.04 Å². The first-order valence-electron chi connectivity index (χ1n) is 18.0. The molecule has 6 atom stereocenters. The van der Waals surface area contributed by atoms with Crippen molar-refractivity contribution in [3.05, 3.63) is 58.3 Å². The van der Waals surface area contributed by atoms with Crippen molar-refractivity contribution in [3.63, 3.8) is 0 Å². The minimum Gasteiger partial charge on any atom is -0.748 e. The Labute approximate surface area is 287 Å². The van der Waals surface area contributed by atoms with Crippen molar-refractivity contribution >= 4 is 21.8 Å². The Morgan fingerprint density at radius 1 is 0.958 bits per heavy atom. The van der Waals surface area contributed by atoms with Crippen LogP contribution in [0.5, 0.6) is 0 Å². The summed E-state index contributed by atoms with van der Waals surface area (Å²) in [5, 5.41) is 19.8. The molecule has 4 rings (SSSR count). The largest absolute Gasteiger partial charge is 0.748 e. The number of unbranched alkanes of at least 4 members (excludes halogenated alkanes) is 3. The summed E-state index contributed by atoms with van der Waals surface area (Å²) in [6.07, 6.45) is 22.5. The van der Waals surface area contributed by atoms with E-state index in [0.29, 0.717) is 44.6 Å². The average Bonchev–Trinajstić information content (AvgIpc) is 3.36. The summed E-state index contributed by atoms with van der Waals surface area (Å²) in [7, 11) is -4.35. The van der Waals surface area contributed by atoms with Crippen LogP contribution in [0.2, 0.25) is 0 Å². The highest BCUT2D eigenvalue weighted by atomic mass is 32.2. The van der Waals surface area contributed by atoms with Crippen molar-refractivity contribution < 1.29 is 32.4 Å². The van der Waals surface area contributed by atoms with Gasteiger partial charge in [-0.05, 0) is 64.4 Å². The van der Waals surface area contributed by atoms with Crippen LogP contribution in [0.3, 0.4) is 0 Å². The van der Waals surface area contributed by atoms with Crippen LogP contribution in [-0.2, 0) is 14.9 Å². The lowest BCUT2D eigenvalue weighted by molar-refractivity contribution is -0.566. The number of hydrogen-bond acceptors (Lipinski definition) is 7. The molecule has 1 saturated heterocycles. The summed E-state index contributed by atoms with van der Waals surface area (Å²) < 4.78 is 38.2. The summed E-state index contributed by atoms with van der Waals surface area (Å²) in [5.74, 6) is -0.480. The fraction of sp³-hybridized carbons (Fsp3) is 0.730. The Hall–Kier alpha value is -2.79. The molecule has 2 saturated carbocycles. The zero-order valence-electron chi connectivity index (χ0n) is 29.6. The third-order valence-electron chi connectivity index (χ3n) is 11.8. The predicted octanol–water partition coefficient (Wildman–Crippen LogP) is 6.72. The molecule has 2 aliphatic heterocycles. The normalized spacial score (nSPS) is 31.0. The van der Waals surface area contributed by atoms with Gasteiger partial charge in [0.25, 0.3) is 0 Å². The molecular formula is C37H57N3O7S. The fourth-order valence-electron chi connectivity index (χ4n) is 9.22. The number of carboxylic acid groups (broad SMARTS) is 1. The molecule has 6 unspecified atom stereocenters. The molecule has 268 valence electrons. The van der Waals surface area contributed by atoms with Crippen LogP contribution in [0.4, 0.5) is 0 Å². The van der Waals surface area contributed by atoms with Gasteiger partial charge in [-0.2, -0.15) is 0 Å². The van der Waals surface area contributed by atoms with Gasteiger partial charge < -0.3 is 14.6 Å². The Balaban J connectivity index is 1.50. The van der Waals surface area contributed by atoms with Crippen molar-refractivity contribution in [2.75, 3.05) is 13.1 Å². The van der Waals surface area contributed by atoms with E-state index in [1.54, 1.807) is 0 Å². The smallest absolute Gasteiger partial charge is 0.303 e. The van der Waals surface area contributed by atoms with E-state index in [1.807, 2.05) is 24.3 Å². The number of allylic oxidation sites excluding steroid dienone is 8. The van der Waals surface area contributed by atoms with Crippen LogP contribution in [0, 0.1) is 32.8 Å². The van der Waals surface area contributed by atoms with Crippen LogP contribution in [0.1, 0.15) is 112 Å². The molecule has 0 bridgehead atoms. The number of rotatable bonds is 15. The topological polar surface area (TPSA) is 144 Å². The molecule has 0 aromatic rings. The van der Waals surface area contributed by atoms with Gasteiger partial charge in [-0.25, -0.2) is 13.0 Å². The second-order valence-electron chi connectivity index (χ2n) is 15.5. The molecular weight excluding hydrogens is 630 g/mol. The van der Waals surface area contributed by atoms with E-state index in [9.17, 15) is 27.9 Å². The highest BCUT2D eigenvalue weighted by molar-refractivity contribution is 7.86. The minimum atomic E-state index is -4.35. The number of carbonyl (C=O) groups is 1. The lowest BCUT2D eigenvalue weighted by Crippen LogP contribution is -2.42. The van der Waals surface area contributed by atoms with Crippen molar-refractivity contribution in [1.82, 2.24) is 4.90 Å². The third kappa shape index (κ3) is 8.49. The Bertz CT molecular complexity index is 1440. The summed E-state index contributed by atoms with van der Waals surface area (Å²) in [5.41, 5.74) is 1.92. The van der Waals surface area contributed by atoms with Gasteiger partial charge in [-0.1, -0.05) is 57.6 Å². The summed E-state index contributed by atoms with van der Waals surface area (Å²) in [4.78, 5) is 25.0. The highest BCUT2D eigenvalue weighted by Crippen LogP contribution is 2.54. The van der Waals surface area contributed by atoms with Gasteiger partial charge in [0.05, 0.1) is 20.8 Å². The minimum absolute atomic E-state index is 0.0453. The second kappa shape index (κ2) is 15.8. The molecule has 48 heavy (non-hydrogen) atoms. The lowest BCUT2D eigenvalue weighted by Gasteiger charge is -2.35. The average molecular weight is 688 g/mol. The maximum Gasteiger partial charge on any atom is 0.303 e. The van der Waals surface area contributed by atoms with Gasteiger partial charge in [0.1, 0.15) is 6.54 Å².